The van der Waals surface area contributed by atoms with Gasteiger partial charge in [-0.15, -0.1) is 0 Å². The van der Waals surface area contributed by atoms with Crippen molar-refractivity contribution in [1.82, 2.24) is 4.90 Å². The Morgan fingerprint density at radius 2 is 2.21 bits per heavy atom. The molecule has 0 saturated carbocycles. The predicted molar refractivity (Wildman–Crippen MR) is 74.0 cm³/mol. The lowest BCUT2D eigenvalue weighted by atomic mass is 9.79. The lowest BCUT2D eigenvalue weighted by molar-refractivity contribution is -0.189. The Labute approximate surface area is 116 Å². The Kier molecular flexibility index (Phi) is 5.22. The number of rotatable bonds is 6. The first-order valence-electron chi connectivity index (χ1n) is 7.68. The number of hydrogen-bond donors (Lipinski definition) is 0. The molecule has 1 amide bonds. The largest absolute Gasteiger partial charge is 0.382 e. The minimum Gasteiger partial charge on any atom is -0.382 e. The van der Waals surface area contributed by atoms with Gasteiger partial charge in [-0.25, -0.2) is 0 Å². The molecule has 2 aliphatic heterocycles. The summed E-state index contributed by atoms with van der Waals surface area (Å²) in [6, 6.07) is 0. The van der Waals surface area contributed by atoms with Crippen molar-refractivity contribution < 1.29 is 14.3 Å². The van der Waals surface area contributed by atoms with Crippen molar-refractivity contribution in [3.8, 4) is 0 Å². The van der Waals surface area contributed by atoms with E-state index in [1.54, 1.807) is 0 Å². The van der Waals surface area contributed by atoms with Crippen LogP contribution in [0.1, 0.15) is 46.0 Å². The molecule has 2 fully saturated rings. The van der Waals surface area contributed by atoms with Gasteiger partial charge >= 0.3 is 0 Å². The van der Waals surface area contributed by atoms with Gasteiger partial charge in [-0.2, -0.15) is 0 Å². The van der Waals surface area contributed by atoms with Gasteiger partial charge in [0.1, 0.15) is 5.60 Å². The maximum atomic E-state index is 11.8. The van der Waals surface area contributed by atoms with Crippen LogP contribution in [0.5, 0.6) is 0 Å². The Bertz CT molecular complexity index is 300. The quantitative estimate of drug-likeness (QED) is 0.694. The van der Waals surface area contributed by atoms with Crippen molar-refractivity contribution >= 4 is 5.91 Å². The molecule has 19 heavy (non-hydrogen) atoms. The lowest BCUT2D eigenvalue weighted by Gasteiger charge is -2.53. The van der Waals surface area contributed by atoms with Crippen LogP contribution in [0.3, 0.4) is 0 Å². The smallest absolute Gasteiger partial charge is 0.222 e. The minimum absolute atomic E-state index is 0.0292. The zero-order valence-corrected chi connectivity index (χ0v) is 12.3. The maximum Gasteiger partial charge on any atom is 0.222 e. The normalized spacial score (nSPS) is 25.4. The van der Waals surface area contributed by atoms with E-state index in [9.17, 15) is 4.79 Å². The van der Waals surface area contributed by atoms with Crippen LogP contribution in [0.15, 0.2) is 0 Å². The van der Waals surface area contributed by atoms with Crippen molar-refractivity contribution in [2.75, 3.05) is 32.9 Å². The van der Waals surface area contributed by atoms with Crippen molar-refractivity contribution in [3.05, 3.63) is 0 Å². The first kappa shape index (κ1) is 14.8. The third-order valence-corrected chi connectivity index (χ3v) is 4.24. The third kappa shape index (κ3) is 3.69. The van der Waals surface area contributed by atoms with E-state index in [1.165, 1.54) is 0 Å². The number of amides is 1. The first-order valence-corrected chi connectivity index (χ1v) is 7.68. The van der Waals surface area contributed by atoms with Gasteiger partial charge in [0.25, 0.3) is 0 Å². The number of likely N-dealkylation sites (tertiary alicyclic amines) is 1. The molecule has 110 valence electrons. The second kappa shape index (κ2) is 6.71. The van der Waals surface area contributed by atoms with E-state index in [1.807, 2.05) is 18.7 Å². The zero-order chi connectivity index (χ0) is 13.7. The minimum atomic E-state index is -0.0292. The Morgan fingerprint density at radius 1 is 1.42 bits per heavy atom. The SMILES string of the molecule is CCCC(=O)N1CC2(C[C@H](CCOCC)CCO2)C1. The number of carbonyl (C=O) groups is 1. The summed E-state index contributed by atoms with van der Waals surface area (Å²) in [4.78, 5) is 13.7. The molecular weight excluding hydrogens is 242 g/mol. The van der Waals surface area contributed by atoms with E-state index in [2.05, 4.69) is 0 Å². The van der Waals surface area contributed by atoms with Gasteiger partial charge in [0.05, 0.1) is 13.1 Å². The van der Waals surface area contributed by atoms with Gasteiger partial charge in [0.2, 0.25) is 5.91 Å². The van der Waals surface area contributed by atoms with Gasteiger partial charge in [0, 0.05) is 26.2 Å². The van der Waals surface area contributed by atoms with E-state index < -0.39 is 0 Å². The van der Waals surface area contributed by atoms with Crippen molar-refractivity contribution in [2.24, 2.45) is 5.92 Å². The molecule has 1 spiro atoms. The summed E-state index contributed by atoms with van der Waals surface area (Å²) in [5.74, 6) is 0.983. The van der Waals surface area contributed by atoms with Crippen molar-refractivity contribution in [3.63, 3.8) is 0 Å². The highest BCUT2D eigenvalue weighted by Gasteiger charge is 2.48. The molecular formula is C15H27NO3. The van der Waals surface area contributed by atoms with E-state index in [4.69, 9.17) is 9.47 Å². The summed E-state index contributed by atoms with van der Waals surface area (Å²) in [5, 5.41) is 0. The number of ether oxygens (including phenoxy) is 2. The Morgan fingerprint density at radius 3 is 2.89 bits per heavy atom. The zero-order valence-electron chi connectivity index (χ0n) is 12.3. The monoisotopic (exact) mass is 269 g/mol. The molecule has 1 atom stereocenters. The average molecular weight is 269 g/mol. The van der Waals surface area contributed by atoms with Crippen LogP contribution in [0, 0.1) is 5.92 Å². The van der Waals surface area contributed by atoms with Gasteiger partial charge in [-0.1, -0.05) is 6.92 Å². The summed E-state index contributed by atoms with van der Waals surface area (Å²) < 4.78 is 11.4. The van der Waals surface area contributed by atoms with E-state index in [0.29, 0.717) is 12.3 Å². The summed E-state index contributed by atoms with van der Waals surface area (Å²) in [7, 11) is 0. The van der Waals surface area contributed by atoms with Crippen LogP contribution in [0.2, 0.25) is 0 Å². The molecule has 2 heterocycles. The molecule has 0 radical (unpaired) electrons. The molecule has 0 unspecified atom stereocenters. The second-order valence-electron chi connectivity index (χ2n) is 5.88. The van der Waals surface area contributed by atoms with Crippen LogP contribution >= 0.6 is 0 Å². The average Bonchev–Trinajstić information content (AvgIpc) is 2.37. The molecule has 0 bridgehead atoms. The predicted octanol–water partition coefficient (Wildman–Crippen LogP) is 2.22. The molecule has 2 rings (SSSR count). The van der Waals surface area contributed by atoms with Gasteiger partial charge < -0.3 is 14.4 Å². The number of carbonyl (C=O) groups excluding carboxylic acids is 1. The number of hydrogen-bond acceptors (Lipinski definition) is 3. The molecule has 0 N–H and O–H groups in total. The molecule has 4 heteroatoms. The van der Waals surface area contributed by atoms with Crippen LogP contribution < -0.4 is 0 Å². The van der Waals surface area contributed by atoms with Gasteiger partial charge in [-0.05, 0) is 38.5 Å². The van der Waals surface area contributed by atoms with Gasteiger partial charge in [-0.3, -0.25) is 4.79 Å². The molecule has 2 aliphatic rings. The Hall–Kier alpha value is -0.610. The molecule has 0 aromatic carbocycles. The lowest BCUT2D eigenvalue weighted by Crippen LogP contribution is -2.66. The van der Waals surface area contributed by atoms with Crippen LogP contribution in [0.4, 0.5) is 0 Å². The summed E-state index contributed by atoms with van der Waals surface area (Å²) in [6.45, 7) is 8.19. The molecule has 0 aromatic rings. The topological polar surface area (TPSA) is 38.8 Å². The number of nitrogens with zero attached hydrogens (tertiary/aromatic N) is 1. The molecule has 0 aromatic heterocycles. The first-order chi connectivity index (χ1) is 9.19. The maximum absolute atomic E-state index is 11.8. The van der Waals surface area contributed by atoms with Crippen molar-refractivity contribution in [2.45, 2.75) is 51.6 Å². The van der Waals surface area contributed by atoms with E-state index >= 15 is 0 Å². The fraction of sp³-hybridized carbons (Fsp3) is 0.933. The third-order valence-electron chi connectivity index (χ3n) is 4.24. The fourth-order valence-electron chi connectivity index (χ4n) is 3.19. The Balaban J connectivity index is 1.74. The van der Waals surface area contributed by atoms with E-state index in [0.717, 1.165) is 58.6 Å². The van der Waals surface area contributed by atoms with Crippen molar-refractivity contribution in [1.29, 1.82) is 0 Å². The van der Waals surface area contributed by atoms with Crippen LogP contribution in [0.25, 0.3) is 0 Å². The summed E-state index contributed by atoms with van der Waals surface area (Å²) in [6.07, 6.45) is 4.96. The molecule has 2 saturated heterocycles. The van der Waals surface area contributed by atoms with Crippen LogP contribution in [-0.4, -0.2) is 49.3 Å². The highest BCUT2D eigenvalue weighted by molar-refractivity contribution is 5.77. The molecule has 0 aliphatic carbocycles. The highest BCUT2D eigenvalue weighted by atomic mass is 16.5. The summed E-state index contributed by atoms with van der Waals surface area (Å²) >= 11 is 0. The molecule has 4 nitrogen and oxygen atoms in total. The fourth-order valence-corrected chi connectivity index (χ4v) is 3.19. The standard InChI is InChI=1S/C15H27NO3/c1-3-5-14(17)16-11-15(12-16)10-13(7-9-19-15)6-8-18-4-2/h13H,3-12H2,1-2H3/t13-/m1/s1. The highest BCUT2D eigenvalue weighted by Crippen LogP contribution is 2.38. The van der Waals surface area contributed by atoms with Crippen LogP contribution in [-0.2, 0) is 14.3 Å². The summed E-state index contributed by atoms with van der Waals surface area (Å²) in [5.41, 5.74) is -0.0292. The van der Waals surface area contributed by atoms with E-state index in [-0.39, 0.29) is 11.5 Å². The van der Waals surface area contributed by atoms with Gasteiger partial charge in [0.15, 0.2) is 0 Å². The second-order valence-corrected chi connectivity index (χ2v) is 5.88.